The van der Waals surface area contributed by atoms with Crippen molar-refractivity contribution >= 4 is 18.3 Å². The molecule has 1 aromatic carbocycles. The predicted octanol–water partition coefficient (Wildman–Crippen LogP) is 2.09. The molecule has 0 saturated carbocycles. The highest BCUT2D eigenvalue weighted by Crippen LogP contribution is 2.22. The van der Waals surface area contributed by atoms with Gasteiger partial charge in [0.15, 0.2) is 0 Å². The van der Waals surface area contributed by atoms with Crippen molar-refractivity contribution in [3.8, 4) is 5.75 Å². The number of rotatable bonds is 5. The average molecular weight is 329 g/mol. The molecule has 0 spiro atoms. The molecule has 0 aromatic heterocycles. The highest BCUT2D eigenvalue weighted by Gasteiger charge is 2.31. The highest BCUT2D eigenvalue weighted by atomic mass is 35.5. The predicted molar refractivity (Wildman–Crippen MR) is 88.8 cm³/mol. The van der Waals surface area contributed by atoms with Crippen LogP contribution in [0.1, 0.15) is 30.1 Å². The number of amides is 1. The van der Waals surface area contributed by atoms with Crippen LogP contribution in [0.25, 0.3) is 0 Å². The average Bonchev–Trinajstić information content (AvgIpc) is 2.54. The number of piperidine rings is 1. The fourth-order valence-corrected chi connectivity index (χ4v) is 2.75. The minimum Gasteiger partial charge on any atom is -0.494 e. The maximum atomic E-state index is 12.6. The van der Waals surface area contributed by atoms with Gasteiger partial charge in [0.1, 0.15) is 5.75 Å². The second-order valence-electron chi connectivity index (χ2n) is 5.23. The first-order valence-electron chi connectivity index (χ1n) is 7.46. The Kier molecular flexibility index (Phi) is 7.65. The van der Waals surface area contributed by atoms with Crippen molar-refractivity contribution in [2.24, 2.45) is 5.73 Å². The molecule has 1 saturated heterocycles. The summed E-state index contributed by atoms with van der Waals surface area (Å²) >= 11 is 0. The van der Waals surface area contributed by atoms with Crippen LogP contribution in [0.2, 0.25) is 0 Å². The van der Waals surface area contributed by atoms with Gasteiger partial charge < -0.3 is 20.1 Å². The van der Waals surface area contributed by atoms with Gasteiger partial charge in [-0.05, 0) is 44.0 Å². The molecule has 1 aromatic rings. The van der Waals surface area contributed by atoms with Crippen LogP contribution in [0.3, 0.4) is 0 Å². The van der Waals surface area contributed by atoms with Crippen LogP contribution in [0, 0.1) is 0 Å². The zero-order valence-electron chi connectivity index (χ0n) is 13.2. The van der Waals surface area contributed by atoms with E-state index in [1.54, 1.807) is 7.11 Å². The molecule has 1 amide bonds. The van der Waals surface area contributed by atoms with Gasteiger partial charge in [0, 0.05) is 31.8 Å². The van der Waals surface area contributed by atoms with Gasteiger partial charge in [-0.2, -0.15) is 0 Å². The van der Waals surface area contributed by atoms with E-state index in [0.29, 0.717) is 25.3 Å². The topological polar surface area (TPSA) is 64.8 Å². The fourth-order valence-electron chi connectivity index (χ4n) is 2.75. The number of hydrogen-bond donors (Lipinski definition) is 1. The van der Waals surface area contributed by atoms with Crippen molar-refractivity contribution in [3.05, 3.63) is 29.8 Å². The van der Waals surface area contributed by atoms with E-state index in [-0.39, 0.29) is 30.5 Å². The zero-order valence-corrected chi connectivity index (χ0v) is 14.0. The van der Waals surface area contributed by atoms with E-state index in [9.17, 15) is 4.79 Å². The minimum absolute atomic E-state index is 0. The molecule has 1 aliphatic heterocycles. The van der Waals surface area contributed by atoms with Gasteiger partial charge in [0.25, 0.3) is 5.91 Å². The molecule has 22 heavy (non-hydrogen) atoms. The first kappa shape index (κ1) is 18.7. The van der Waals surface area contributed by atoms with Gasteiger partial charge in [-0.15, -0.1) is 12.4 Å². The molecule has 1 fully saturated rings. The third kappa shape index (κ3) is 4.35. The number of nitrogens with two attached hydrogens (primary N) is 1. The number of methoxy groups -OCH3 is 1. The molecule has 2 rings (SSSR count). The molecule has 0 aliphatic carbocycles. The first-order valence-corrected chi connectivity index (χ1v) is 7.46. The van der Waals surface area contributed by atoms with E-state index < -0.39 is 0 Å². The van der Waals surface area contributed by atoms with E-state index >= 15 is 0 Å². The Morgan fingerprint density at radius 1 is 1.36 bits per heavy atom. The summed E-state index contributed by atoms with van der Waals surface area (Å²) in [7, 11) is 1.71. The summed E-state index contributed by atoms with van der Waals surface area (Å²) in [5, 5.41) is 0. The molecule has 0 radical (unpaired) electrons. The Labute approximate surface area is 138 Å². The summed E-state index contributed by atoms with van der Waals surface area (Å²) in [6.07, 6.45) is 1.86. The number of carbonyl (C=O) groups excluding carboxylic acids is 1. The second-order valence-corrected chi connectivity index (χ2v) is 5.23. The Bertz CT molecular complexity index is 467. The van der Waals surface area contributed by atoms with E-state index in [1.807, 2.05) is 36.1 Å². The molecule has 2 atom stereocenters. The standard InChI is InChI=1S/C16H24N2O3.ClH/c1-3-21-14-6-4-12(5-7-14)16(19)18-9-8-15(20-2)10-13(18)11-17;/h4-7,13,15H,3,8-11,17H2,1-2H3;1H. The second kappa shape index (κ2) is 8.98. The Hall–Kier alpha value is -1.30. The van der Waals surface area contributed by atoms with E-state index in [1.165, 1.54) is 0 Å². The van der Waals surface area contributed by atoms with Crippen molar-refractivity contribution in [2.75, 3.05) is 26.8 Å². The zero-order chi connectivity index (χ0) is 15.2. The molecule has 124 valence electrons. The third-order valence-corrected chi connectivity index (χ3v) is 3.95. The molecular formula is C16H25ClN2O3. The lowest BCUT2D eigenvalue weighted by molar-refractivity contribution is 0.0139. The number of hydrogen-bond acceptors (Lipinski definition) is 4. The molecule has 0 bridgehead atoms. The highest BCUT2D eigenvalue weighted by molar-refractivity contribution is 5.94. The summed E-state index contributed by atoms with van der Waals surface area (Å²) in [5.74, 6) is 0.811. The normalized spacial score (nSPS) is 21.1. The molecular weight excluding hydrogens is 304 g/mol. The number of halogens is 1. The molecule has 2 N–H and O–H groups in total. The summed E-state index contributed by atoms with van der Waals surface area (Å²) < 4.78 is 10.8. The van der Waals surface area contributed by atoms with Crippen LogP contribution in [-0.4, -0.2) is 49.8 Å². The Balaban J connectivity index is 0.00000242. The van der Waals surface area contributed by atoms with Crippen molar-refractivity contribution in [1.29, 1.82) is 0 Å². The van der Waals surface area contributed by atoms with E-state index in [0.717, 1.165) is 18.6 Å². The van der Waals surface area contributed by atoms with Crippen LogP contribution in [0.5, 0.6) is 5.75 Å². The number of ether oxygens (including phenoxy) is 2. The summed E-state index contributed by atoms with van der Waals surface area (Å²) in [5.41, 5.74) is 6.49. The number of benzene rings is 1. The minimum atomic E-state index is 0. The molecule has 1 heterocycles. The number of likely N-dealkylation sites (tertiary alicyclic amines) is 1. The van der Waals surface area contributed by atoms with Crippen LogP contribution >= 0.6 is 12.4 Å². The van der Waals surface area contributed by atoms with Gasteiger partial charge in [-0.1, -0.05) is 0 Å². The fraction of sp³-hybridized carbons (Fsp3) is 0.562. The van der Waals surface area contributed by atoms with E-state index in [4.69, 9.17) is 15.2 Å². The SMILES string of the molecule is CCOc1ccc(C(=O)N2CCC(OC)CC2CN)cc1.Cl. The largest absolute Gasteiger partial charge is 0.494 e. The number of nitrogens with zero attached hydrogens (tertiary/aromatic N) is 1. The maximum Gasteiger partial charge on any atom is 0.254 e. The summed E-state index contributed by atoms with van der Waals surface area (Å²) in [6, 6.07) is 7.32. The van der Waals surface area contributed by atoms with Crippen molar-refractivity contribution in [2.45, 2.75) is 31.9 Å². The smallest absolute Gasteiger partial charge is 0.254 e. The lowest BCUT2D eigenvalue weighted by atomic mass is 9.98. The van der Waals surface area contributed by atoms with Gasteiger partial charge in [-0.3, -0.25) is 4.79 Å². The van der Waals surface area contributed by atoms with Crippen molar-refractivity contribution in [1.82, 2.24) is 4.90 Å². The Morgan fingerprint density at radius 2 is 2.05 bits per heavy atom. The van der Waals surface area contributed by atoms with Crippen LogP contribution in [-0.2, 0) is 4.74 Å². The molecule has 5 nitrogen and oxygen atoms in total. The van der Waals surface area contributed by atoms with Gasteiger partial charge in [-0.25, -0.2) is 0 Å². The molecule has 6 heteroatoms. The van der Waals surface area contributed by atoms with Crippen LogP contribution in [0.4, 0.5) is 0 Å². The van der Waals surface area contributed by atoms with Gasteiger partial charge >= 0.3 is 0 Å². The van der Waals surface area contributed by atoms with Crippen LogP contribution in [0.15, 0.2) is 24.3 Å². The maximum absolute atomic E-state index is 12.6. The Morgan fingerprint density at radius 3 is 2.59 bits per heavy atom. The lowest BCUT2D eigenvalue weighted by Gasteiger charge is -2.38. The summed E-state index contributed by atoms with van der Waals surface area (Å²) in [4.78, 5) is 14.5. The van der Waals surface area contributed by atoms with Crippen molar-refractivity contribution in [3.63, 3.8) is 0 Å². The number of carbonyl (C=O) groups is 1. The third-order valence-electron chi connectivity index (χ3n) is 3.95. The summed E-state index contributed by atoms with van der Waals surface area (Å²) in [6.45, 7) is 3.70. The van der Waals surface area contributed by atoms with Crippen LogP contribution < -0.4 is 10.5 Å². The van der Waals surface area contributed by atoms with Crippen molar-refractivity contribution < 1.29 is 14.3 Å². The lowest BCUT2D eigenvalue weighted by Crippen LogP contribution is -2.51. The molecule has 1 aliphatic rings. The van der Waals surface area contributed by atoms with Gasteiger partial charge in [0.2, 0.25) is 0 Å². The van der Waals surface area contributed by atoms with Gasteiger partial charge in [0.05, 0.1) is 12.7 Å². The first-order chi connectivity index (χ1) is 10.2. The quantitative estimate of drug-likeness (QED) is 0.899. The monoisotopic (exact) mass is 328 g/mol. The van der Waals surface area contributed by atoms with E-state index in [2.05, 4.69) is 0 Å². The molecule has 2 unspecified atom stereocenters.